The van der Waals surface area contributed by atoms with Crippen LogP contribution in [0.1, 0.15) is 13.3 Å². The Balaban J connectivity index is 3.70. The lowest BCUT2D eigenvalue weighted by Crippen LogP contribution is -2.22. The van der Waals surface area contributed by atoms with E-state index >= 15 is 0 Å². The van der Waals surface area contributed by atoms with Crippen molar-refractivity contribution in [2.45, 2.75) is 19.4 Å². The van der Waals surface area contributed by atoms with E-state index in [0.717, 1.165) is 17.7 Å². The number of hydrogen-bond acceptors (Lipinski definition) is 2. The molecule has 0 aliphatic carbocycles. The predicted molar refractivity (Wildman–Crippen MR) is 53.6 cm³/mol. The first-order chi connectivity index (χ1) is 5.22. The minimum absolute atomic E-state index is 0.0508. The van der Waals surface area contributed by atoms with E-state index in [1.54, 1.807) is 18.7 Å². The lowest BCUT2D eigenvalue weighted by atomic mass is 10.1. The molecule has 62 valence electrons. The van der Waals surface area contributed by atoms with Crippen LogP contribution >= 0.6 is 11.8 Å². The number of hydrogen-bond donors (Lipinski definition) is 1. The van der Waals surface area contributed by atoms with Gasteiger partial charge in [-0.05, 0) is 25.4 Å². The second-order valence-electron chi connectivity index (χ2n) is 2.29. The first-order valence-corrected chi connectivity index (χ1v) is 4.97. The Morgan fingerprint density at radius 3 is 2.82 bits per heavy atom. The first-order valence-electron chi connectivity index (χ1n) is 3.58. The van der Waals surface area contributed by atoms with E-state index in [-0.39, 0.29) is 6.04 Å². The van der Waals surface area contributed by atoms with Gasteiger partial charge in [0.2, 0.25) is 0 Å². The van der Waals surface area contributed by atoms with Crippen molar-refractivity contribution in [3.63, 3.8) is 0 Å². The summed E-state index contributed by atoms with van der Waals surface area (Å²) in [5, 5.41) is 0. The minimum atomic E-state index is 0.0508. The van der Waals surface area contributed by atoms with E-state index < -0.39 is 0 Å². The standard InChI is InChI=1S/C9H15NS/c1-4-5-8(2)9(10)6-7-11-3/h9H,2,6-7,10H2,1,3H3/t9-/m0/s1. The monoisotopic (exact) mass is 169 g/mol. The summed E-state index contributed by atoms with van der Waals surface area (Å²) in [6.45, 7) is 5.59. The van der Waals surface area contributed by atoms with Gasteiger partial charge in [0.15, 0.2) is 0 Å². The van der Waals surface area contributed by atoms with E-state index in [9.17, 15) is 0 Å². The molecule has 0 aliphatic rings. The van der Waals surface area contributed by atoms with Gasteiger partial charge in [0.05, 0.1) is 0 Å². The van der Waals surface area contributed by atoms with Gasteiger partial charge >= 0.3 is 0 Å². The highest BCUT2D eigenvalue weighted by atomic mass is 32.2. The molecule has 0 aromatic rings. The highest BCUT2D eigenvalue weighted by molar-refractivity contribution is 7.98. The summed E-state index contributed by atoms with van der Waals surface area (Å²) in [6, 6.07) is 0.0508. The normalized spacial score (nSPS) is 11.5. The Bertz CT molecular complexity index is 176. The van der Waals surface area contributed by atoms with Crippen molar-refractivity contribution >= 4 is 11.8 Å². The van der Waals surface area contributed by atoms with Gasteiger partial charge in [-0.15, -0.1) is 5.92 Å². The van der Waals surface area contributed by atoms with Gasteiger partial charge in [-0.1, -0.05) is 12.5 Å². The van der Waals surface area contributed by atoms with E-state index in [1.165, 1.54) is 0 Å². The predicted octanol–water partition coefficient (Wildman–Crippen LogP) is 1.65. The Morgan fingerprint density at radius 1 is 1.73 bits per heavy atom. The van der Waals surface area contributed by atoms with Crippen molar-refractivity contribution in [2.24, 2.45) is 5.73 Å². The van der Waals surface area contributed by atoms with Gasteiger partial charge in [-0.25, -0.2) is 0 Å². The van der Waals surface area contributed by atoms with Crippen molar-refractivity contribution in [2.75, 3.05) is 12.0 Å². The Kier molecular flexibility index (Phi) is 6.10. The van der Waals surface area contributed by atoms with Crippen molar-refractivity contribution in [3.05, 3.63) is 12.2 Å². The molecule has 1 nitrogen and oxygen atoms in total. The summed E-state index contributed by atoms with van der Waals surface area (Å²) in [7, 11) is 0. The van der Waals surface area contributed by atoms with Crippen LogP contribution in [0.15, 0.2) is 12.2 Å². The van der Waals surface area contributed by atoms with Crippen LogP contribution in [0.4, 0.5) is 0 Å². The van der Waals surface area contributed by atoms with Crippen LogP contribution in [0.3, 0.4) is 0 Å². The van der Waals surface area contributed by atoms with Crippen LogP contribution in [0.25, 0.3) is 0 Å². The Labute approximate surface area is 73.4 Å². The maximum atomic E-state index is 5.77. The average Bonchev–Trinajstić information content (AvgIpc) is 2.00. The molecule has 2 N–H and O–H groups in total. The van der Waals surface area contributed by atoms with Crippen LogP contribution in [0.5, 0.6) is 0 Å². The SMILES string of the molecule is C=C(C#CC)[C@@H](N)CCSC. The minimum Gasteiger partial charge on any atom is -0.323 e. The molecule has 0 saturated heterocycles. The highest BCUT2D eigenvalue weighted by Gasteiger charge is 2.02. The molecule has 0 heterocycles. The third kappa shape index (κ3) is 4.94. The van der Waals surface area contributed by atoms with Crippen molar-refractivity contribution in [1.29, 1.82) is 0 Å². The molecular formula is C9H15NS. The topological polar surface area (TPSA) is 26.0 Å². The van der Waals surface area contributed by atoms with Crippen molar-refractivity contribution in [1.82, 2.24) is 0 Å². The summed E-state index contributed by atoms with van der Waals surface area (Å²) in [5.41, 5.74) is 6.62. The van der Waals surface area contributed by atoms with Gasteiger partial charge < -0.3 is 5.73 Å². The van der Waals surface area contributed by atoms with E-state index in [4.69, 9.17) is 5.73 Å². The Hall–Kier alpha value is -0.390. The first kappa shape index (κ1) is 10.6. The van der Waals surface area contributed by atoms with Crippen LogP contribution in [0, 0.1) is 11.8 Å². The molecule has 0 fully saturated rings. The summed E-state index contributed by atoms with van der Waals surface area (Å²) >= 11 is 1.80. The molecule has 0 radical (unpaired) electrons. The molecule has 1 atom stereocenters. The second-order valence-corrected chi connectivity index (χ2v) is 3.27. The third-order valence-corrected chi connectivity index (χ3v) is 2.01. The lowest BCUT2D eigenvalue weighted by molar-refractivity contribution is 0.770. The second kappa shape index (κ2) is 6.33. The van der Waals surface area contributed by atoms with Gasteiger partial charge in [-0.2, -0.15) is 11.8 Å². The van der Waals surface area contributed by atoms with E-state index in [0.29, 0.717) is 0 Å². The largest absolute Gasteiger partial charge is 0.323 e. The van der Waals surface area contributed by atoms with Gasteiger partial charge in [0, 0.05) is 11.6 Å². The Morgan fingerprint density at radius 2 is 2.36 bits per heavy atom. The molecule has 0 unspecified atom stereocenters. The summed E-state index contributed by atoms with van der Waals surface area (Å²) < 4.78 is 0. The lowest BCUT2D eigenvalue weighted by Gasteiger charge is -2.07. The molecule has 2 heteroatoms. The van der Waals surface area contributed by atoms with Crippen molar-refractivity contribution < 1.29 is 0 Å². The van der Waals surface area contributed by atoms with Crippen LogP contribution in [-0.2, 0) is 0 Å². The zero-order chi connectivity index (χ0) is 8.69. The van der Waals surface area contributed by atoms with Crippen LogP contribution in [-0.4, -0.2) is 18.1 Å². The molecule has 0 bridgehead atoms. The van der Waals surface area contributed by atoms with Crippen LogP contribution in [0.2, 0.25) is 0 Å². The fourth-order valence-corrected chi connectivity index (χ4v) is 1.16. The number of nitrogens with two attached hydrogens (primary N) is 1. The molecule has 0 saturated carbocycles. The van der Waals surface area contributed by atoms with Crippen molar-refractivity contribution in [3.8, 4) is 11.8 Å². The smallest absolute Gasteiger partial charge is 0.0376 e. The molecule has 0 amide bonds. The molecule has 11 heavy (non-hydrogen) atoms. The fourth-order valence-electron chi connectivity index (χ4n) is 0.672. The maximum Gasteiger partial charge on any atom is 0.0376 e. The molecule has 0 aliphatic heterocycles. The fraction of sp³-hybridized carbons (Fsp3) is 0.556. The van der Waals surface area contributed by atoms with E-state index in [2.05, 4.69) is 24.7 Å². The summed E-state index contributed by atoms with van der Waals surface area (Å²) in [4.78, 5) is 0. The van der Waals surface area contributed by atoms with Gasteiger partial charge in [0.25, 0.3) is 0 Å². The highest BCUT2D eigenvalue weighted by Crippen LogP contribution is 2.04. The third-order valence-electron chi connectivity index (χ3n) is 1.37. The molecular weight excluding hydrogens is 154 g/mol. The zero-order valence-corrected chi connectivity index (χ0v) is 8.00. The zero-order valence-electron chi connectivity index (χ0n) is 7.18. The molecule has 0 aromatic carbocycles. The molecule has 0 spiro atoms. The van der Waals surface area contributed by atoms with E-state index in [1.807, 2.05) is 0 Å². The number of thioether (sulfide) groups is 1. The number of rotatable bonds is 4. The van der Waals surface area contributed by atoms with Gasteiger partial charge in [0.1, 0.15) is 0 Å². The quantitative estimate of drug-likeness (QED) is 0.648. The maximum absolute atomic E-state index is 5.77. The summed E-state index contributed by atoms with van der Waals surface area (Å²) in [6.07, 6.45) is 3.04. The summed E-state index contributed by atoms with van der Waals surface area (Å²) in [5.74, 6) is 6.74. The molecule has 0 aromatic heterocycles. The molecule has 0 rings (SSSR count). The van der Waals surface area contributed by atoms with Gasteiger partial charge in [-0.3, -0.25) is 0 Å². The average molecular weight is 169 g/mol. The van der Waals surface area contributed by atoms with Crippen LogP contribution < -0.4 is 5.73 Å².